The summed E-state index contributed by atoms with van der Waals surface area (Å²) < 4.78 is 39.5. The molecule has 0 aliphatic carbocycles. The number of nitrogens with zero attached hydrogens (tertiary/aromatic N) is 2. The van der Waals surface area contributed by atoms with E-state index < -0.39 is 67.6 Å². The number of alkyl carbamates (subject to hydrolysis) is 1. The zero-order valence-corrected chi connectivity index (χ0v) is 37.3. The lowest BCUT2D eigenvalue weighted by Gasteiger charge is -2.41. The summed E-state index contributed by atoms with van der Waals surface area (Å²) in [4.78, 5) is 69.0. The van der Waals surface area contributed by atoms with E-state index in [1.165, 1.54) is 12.3 Å². The molecule has 3 heterocycles. The van der Waals surface area contributed by atoms with Gasteiger partial charge in [-0.25, -0.2) is 9.59 Å². The Bertz CT molecular complexity index is 2470. The lowest BCUT2D eigenvalue weighted by molar-refractivity contribution is -0.0950. The van der Waals surface area contributed by atoms with Crippen LogP contribution >= 0.6 is 0 Å². The number of amides is 3. The van der Waals surface area contributed by atoms with Crippen molar-refractivity contribution in [3.63, 3.8) is 0 Å². The van der Waals surface area contributed by atoms with Crippen molar-refractivity contribution in [3.05, 3.63) is 164 Å². The molecule has 2 aliphatic rings. The summed E-state index contributed by atoms with van der Waals surface area (Å²) in [6, 6.07) is 32.5. The summed E-state index contributed by atoms with van der Waals surface area (Å²) in [6.45, 7) is 9.90. The minimum atomic E-state index is -2.74. The van der Waals surface area contributed by atoms with Crippen LogP contribution in [0.4, 0.5) is 4.79 Å². The van der Waals surface area contributed by atoms with E-state index >= 15 is 0 Å². The molecule has 1 fully saturated rings. The average Bonchev–Trinajstić information content (AvgIpc) is 3.72. The van der Waals surface area contributed by atoms with E-state index in [1.54, 1.807) is 38.5 Å². The average molecular weight is 877 g/mol. The quantitative estimate of drug-likeness (QED) is 0.0692. The third kappa shape index (κ3) is 8.97. The highest BCUT2D eigenvalue weighted by atomic mass is 28.4. The van der Waals surface area contributed by atoms with Crippen molar-refractivity contribution in [1.82, 2.24) is 19.8 Å². The maximum atomic E-state index is 13.8. The molecule has 330 valence electrons. The molecule has 0 unspecified atom stereocenters. The summed E-state index contributed by atoms with van der Waals surface area (Å²) in [5, 5.41) is 2.34. The number of carbonyl (C=O) groups excluding carboxylic acids is 3. The summed E-state index contributed by atoms with van der Waals surface area (Å²) >= 11 is 0. The molecule has 16 heteroatoms. The molecule has 0 saturated carbocycles. The first-order chi connectivity index (χ1) is 30.1. The van der Waals surface area contributed by atoms with E-state index in [9.17, 15) is 24.0 Å². The number of aromatic nitrogens is 2. The number of fused-ring (bicyclic) bond motifs is 1. The zero-order valence-electron chi connectivity index (χ0n) is 36.3. The highest BCUT2D eigenvalue weighted by molar-refractivity contribution is 6.74. The molecule has 1 aromatic heterocycles. The number of nitrogens with one attached hydrogen (secondary N) is 2. The Hall–Kier alpha value is -6.33. The second-order valence-electron chi connectivity index (χ2n) is 16.8. The van der Waals surface area contributed by atoms with Gasteiger partial charge in [-0.15, -0.1) is 0 Å². The number of aromatic amines is 1. The van der Waals surface area contributed by atoms with Crippen LogP contribution in [0.1, 0.15) is 64.4 Å². The van der Waals surface area contributed by atoms with Gasteiger partial charge >= 0.3 is 11.8 Å². The van der Waals surface area contributed by atoms with Crippen molar-refractivity contribution in [2.45, 2.75) is 69.0 Å². The Morgan fingerprint density at radius 2 is 1.29 bits per heavy atom. The van der Waals surface area contributed by atoms with Crippen LogP contribution in [-0.4, -0.2) is 92.9 Å². The van der Waals surface area contributed by atoms with E-state index in [0.29, 0.717) is 11.5 Å². The van der Waals surface area contributed by atoms with Crippen LogP contribution in [-0.2, 0) is 24.2 Å². The van der Waals surface area contributed by atoms with Crippen LogP contribution in [0.3, 0.4) is 0 Å². The molecular weight excluding hydrogens is 825 g/mol. The third-order valence-electron chi connectivity index (χ3n) is 12.0. The number of rotatable bonds is 15. The van der Waals surface area contributed by atoms with E-state index in [0.717, 1.165) is 26.2 Å². The molecule has 3 amide bonds. The first-order valence-corrected chi connectivity index (χ1v) is 23.5. The van der Waals surface area contributed by atoms with Gasteiger partial charge in [0, 0.05) is 25.4 Å². The molecule has 4 aromatic carbocycles. The smallest absolute Gasteiger partial charge is 0.407 e. The van der Waals surface area contributed by atoms with Gasteiger partial charge in [-0.2, -0.15) is 0 Å². The van der Waals surface area contributed by atoms with Crippen LogP contribution in [0.25, 0.3) is 0 Å². The maximum Gasteiger partial charge on any atom is 0.407 e. The lowest BCUT2D eigenvalue weighted by Crippen LogP contribution is -2.52. The molecule has 7 rings (SSSR count). The van der Waals surface area contributed by atoms with E-state index in [-0.39, 0.29) is 35.9 Å². The summed E-state index contributed by atoms with van der Waals surface area (Å²) in [5.74, 6) is 0.366. The van der Waals surface area contributed by atoms with Gasteiger partial charge in [0.1, 0.15) is 29.3 Å². The molecule has 0 spiro atoms. The molecule has 4 atom stereocenters. The van der Waals surface area contributed by atoms with Gasteiger partial charge in [-0.3, -0.25) is 28.8 Å². The van der Waals surface area contributed by atoms with E-state index in [1.807, 2.05) is 92.0 Å². The summed E-state index contributed by atoms with van der Waals surface area (Å²) in [7, 11) is 0.451. The standard InChI is InChI=1S/C47H52N4O11Si/c1-46(2,3)63(6,7)62-39-37(29-59-47(30-13-9-8-10-14-30,31-17-21-33(57-4)22-18-31)32-19-23-34(58-5)24-20-32)60-43(51-27-25-38(52)49-44(51)55)40(39)61-45(56)48-26-28-50-41(53)35-15-11-12-16-36(35)42(50)54/h8-25,27,37,39-40,43H,26,28-29H2,1-7H3,(H,48,56)(H,49,52,55)/t37-,39-,40-,43-/m1/s1. The molecule has 1 saturated heterocycles. The van der Waals surface area contributed by atoms with Crippen molar-refractivity contribution in [3.8, 4) is 11.5 Å². The van der Waals surface area contributed by atoms with Crippen molar-refractivity contribution >= 4 is 26.2 Å². The molecule has 5 aromatic rings. The maximum absolute atomic E-state index is 13.8. The van der Waals surface area contributed by atoms with Crippen LogP contribution in [0.15, 0.2) is 125 Å². The van der Waals surface area contributed by atoms with Crippen molar-refractivity contribution in [1.29, 1.82) is 0 Å². The zero-order chi connectivity index (χ0) is 45.1. The Morgan fingerprint density at radius 1 is 0.746 bits per heavy atom. The van der Waals surface area contributed by atoms with Crippen LogP contribution in [0, 0.1) is 0 Å². The Morgan fingerprint density at radius 3 is 1.81 bits per heavy atom. The number of ether oxygens (including phenoxy) is 5. The Labute approximate surface area is 366 Å². The molecule has 0 radical (unpaired) electrons. The highest BCUT2D eigenvalue weighted by Crippen LogP contribution is 2.45. The number of carbonyl (C=O) groups is 3. The molecular formula is C47H52N4O11Si. The van der Waals surface area contributed by atoms with Gasteiger partial charge in [0.15, 0.2) is 20.6 Å². The van der Waals surface area contributed by atoms with Crippen LogP contribution < -0.4 is 26.0 Å². The third-order valence-corrected chi connectivity index (χ3v) is 16.5. The van der Waals surface area contributed by atoms with Crippen LogP contribution in [0.2, 0.25) is 18.1 Å². The van der Waals surface area contributed by atoms with E-state index in [2.05, 4.69) is 31.1 Å². The van der Waals surface area contributed by atoms with Crippen molar-refractivity contribution in [2.24, 2.45) is 0 Å². The number of hydrogen-bond acceptors (Lipinski definition) is 11. The first-order valence-electron chi connectivity index (χ1n) is 20.6. The van der Waals surface area contributed by atoms with Crippen LogP contribution in [0.5, 0.6) is 11.5 Å². The number of methoxy groups -OCH3 is 2. The minimum absolute atomic E-state index is 0.121. The largest absolute Gasteiger partial charge is 0.497 e. The molecule has 63 heavy (non-hydrogen) atoms. The fraction of sp³-hybridized carbons (Fsp3) is 0.340. The van der Waals surface area contributed by atoms with Gasteiger partial charge in [-0.1, -0.05) is 87.5 Å². The predicted octanol–water partition coefficient (Wildman–Crippen LogP) is 6.24. The number of hydrogen-bond donors (Lipinski definition) is 2. The summed E-state index contributed by atoms with van der Waals surface area (Å²) in [6.07, 6.45) is -4.20. The van der Waals surface area contributed by atoms with Gasteiger partial charge in [0.05, 0.1) is 32.0 Å². The Kier molecular flexibility index (Phi) is 12.9. The molecule has 2 aliphatic heterocycles. The lowest BCUT2D eigenvalue weighted by atomic mass is 9.80. The monoisotopic (exact) mass is 876 g/mol. The van der Waals surface area contributed by atoms with Gasteiger partial charge in [-0.05, 0) is 71.2 Å². The predicted molar refractivity (Wildman–Crippen MR) is 236 cm³/mol. The first kappa shape index (κ1) is 44.7. The second-order valence-corrected chi connectivity index (χ2v) is 21.6. The summed E-state index contributed by atoms with van der Waals surface area (Å²) in [5.41, 5.74) is 0.200. The van der Waals surface area contributed by atoms with Gasteiger partial charge in [0.2, 0.25) is 0 Å². The van der Waals surface area contributed by atoms with Crippen molar-refractivity contribution in [2.75, 3.05) is 33.9 Å². The fourth-order valence-electron chi connectivity index (χ4n) is 7.64. The fourth-order valence-corrected chi connectivity index (χ4v) is 8.96. The SMILES string of the molecule is COc1ccc(C(OC[C@H]2O[C@@H](n3ccc(=O)[nH]c3=O)[C@H](OC(=O)NCCN3C(=O)c4ccccc4C3=O)[C@@H]2O[Si](C)(C)C(C)(C)C)(c2ccccc2)c2ccc(OC)cc2)cc1. The van der Waals surface area contributed by atoms with E-state index in [4.69, 9.17) is 28.1 Å². The van der Waals surface area contributed by atoms with Gasteiger partial charge < -0.3 is 33.4 Å². The Balaban J connectivity index is 1.26. The molecule has 0 bridgehead atoms. The highest BCUT2D eigenvalue weighted by Gasteiger charge is 2.54. The van der Waals surface area contributed by atoms with Crippen molar-refractivity contribution < 1.29 is 42.5 Å². The number of H-pyrrole nitrogens is 1. The number of benzene rings is 4. The minimum Gasteiger partial charge on any atom is -0.497 e. The van der Waals surface area contributed by atoms with Gasteiger partial charge in [0.25, 0.3) is 17.4 Å². The second kappa shape index (κ2) is 18.2. The number of imide groups is 1. The molecule has 2 N–H and O–H groups in total. The normalized spacial score (nSPS) is 18.9. The topological polar surface area (TPSA) is 177 Å². The molecule has 15 nitrogen and oxygen atoms in total.